The van der Waals surface area contributed by atoms with E-state index in [1.54, 1.807) is 0 Å². The molecule has 4 unspecified atom stereocenters. The summed E-state index contributed by atoms with van der Waals surface area (Å²) < 4.78 is 6.35. The number of carboxylic acids is 1. The number of aliphatic carboxylic acids is 1. The summed E-state index contributed by atoms with van der Waals surface area (Å²) in [6.07, 6.45) is 42.8. The van der Waals surface area contributed by atoms with Gasteiger partial charge in [-0.2, -0.15) is 11.8 Å². The van der Waals surface area contributed by atoms with Crippen molar-refractivity contribution in [2.24, 2.45) is 10.8 Å². The van der Waals surface area contributed by atoms with Gasteiger partial charge < -0.3 is 19.7 Å². The third kappa shape index (κ3) is 20.2. The molecular weight excluding hydrogens is 709 g/mol. The van der Waals surface area contributed by atoms with Crippen LogP contribution in [-0.4, -0.2) is 39.9 Å². The van der Waals surface area contributed by atoms with Gasteiger partial charge in [0.1, 0.15) is 0 Å². The van der Waals surface area contributed by atoms with Gasteiger partial charge in [0.25, 0.3) is 0 Å². The highest BCUT2D eigenvalue weighted by molar-refractivity contribution is 8.00. The Balaban J connectivity index is 2.70. The maximum atomic E-state index is 12.6. The van der Waals surface area contributed by atoms with Gasteiger partial charge in [-0.1, -0.05) is 235 Å². The Morgan fingerprint density at radius 1 is 0.625 bits per heavy atom. The van der Waals surface area contributed by atoms with Crippen LogP contribution in [0.15, 0.2) is 11.6 Å². The zero-order valence-electron chi connectivity index (χ0n) is 39.0. The van der Waals surface area contributed by atoms with E-state index in [9.17, 15) is 15.0 Å². The van der Waals surface area contributed by atoms with Crippen LogP contribution < -0.4 is 5.11 Å². The molecule has 0 aromatic rings. The van der Waals surface area contributed by atoms with Crippen LogP contribution in [0.1, 0.15) is 267 Å². The van der Waals surface area contributed by atoms with Crippen LogP contribution >= 0.6 is 11.8 Å². The molecule has 0 amide bonds. The lowest BCUT2D eigenvalue weighted by molar-refractivity contribution is -0.312. The molecule has 0 aromatic carbocycles. The first-order chi connectivity index (χ1) is 26.8. The summed E-state index contributed by atoms with van der Waals surface area (Å²) in [5, 5.41) is 24.9. The topological polar surface area (TPSA) is 69.6 Å². The molecule has 0 saturated heterocycles. The fourth-order valence-electron chi connectivity index (χ4n) is 9.53. The largest absolute Gasteiger partial charge is 0.550 e. The molecule has 0 bridgehead atoms. The Labute approximate surface area is 354 Å². The zero-order valence-corrected chi connectivity index (χ0v) is 39.8. The lowest BCUT2D eigenvalue weighted by Gasteiger charge is -2.62. The van der Waals surface area contributed by atoms with Crippen molar-refractivity contribution < 1.29 is 19.7 Å². The Morgan fingerprint density at radius 2 is 0.982 bits per heavy atom. The molecule has 4 nitrogen and oxygen atoms in total. The molecular formula is C51H97O4S-. The van der Waals surface area contributed by atoms with Crippen LogP contribution in [0, 0.1) is 10.8 Å². The molecule has 1 aliphatic carbocycles. The van der Waals surface area contributed by atoms with E-state index in [2.05, 4.69) is 61.5 Å². The maximum Gasteiger partial charge on any atom is 0.0985 e. The van der Waals surface area contributed by atoms with E-state index in [1.165, 1.54) is 173 Å². The summed E-state index contributed by atoms with van der Waals surface area (Å²) >= 11 is 1.87. The van der Waals surface area contributed by atoms with E-state index < -0.39 is 27.8 Å². The number of carboxylic acid groups (broad SMARTS) is 1. The number of rotatable bonds is 38. The molecule has 0 saturated carbocycles. The molecule has 0 fully saturated rings. The number of aliphatic hydroxyl groups is 1. The molecule has 1 N–H and O–H groups in total. The normalized spacial score (nSPS) is 22.8. The SMILES string of the molecule is CCCCCCCCCCCCCCCCCCOC1(CC(=O)[O-])C=C(C(C)(C)C)C(O)C(C)(SCCCCCCCCCCCCCCCC)C1(C)CCC. The quantitative estimate of drug-likeness (QED) is 0.0497. The molecule has 0 radical (unpaired) electrons. The molecule has 1 aliphatic rings. The highest BCUT2D eigenvalue weighted by Gasteiger charge is 2.64. The van der Waals surface area contributed by atoms with Gasteiger partial charge in [0.05, 0.1) is 16.5 Å². The number of ether oxygens (including phenoxy) is 1. The van der Waals surface area contributed by atoms with E-state index >= 15 is 0 Å². The molecule has 56 heavy (non-hydrogen) atoms. The number of hydrogen-bond donors (Lipinski definition) is 1. The van der Waals surface area contributed by atoms with Crippen molar-refractivity contribution in [3.8, 4) is 0 Å². The monoisotopic (exact) mass is 806 g/mol. The number of hydrogen-bond acceptors (Lipinski definition) is 5. The van der Waals surface area contributed by atoms with Crippen molar-refractivity contribution in [3.05, 3.63) is 11.6 Å². The average Bonchev–Trinajstić information content (AvgIpc) is 3.14. The lowest BCUT2D eigenvalue weighted by Crippen LogP contribution is -2.67. The van der Waals surface area contributed by atoms with Gasteiger partial charge in [0.2, 0.25) is 0 Å². The van der Waals surface area contributed by atoms with Crippen LogP contribution in [-0.2, 0) is 9.53 Å². The van der Waals surface area contributed by atoms with Gasteiger partial charge in [-0.15, -0.1) is 0 Å². The van der Waals surface area contributed by atoms with Crippen molar-refractivity contribution in [1.82, 2.24) is 0 Å². The highest BCUT2D eigenvalue weighted by atomic mass is 32.2. The third-order valence-electron chi connectivity index (χ3n) is 13.5. The number of aliphatic hydroxyl groups excluding tert-OH is 1. The smallest absolute Gasteiger partial charge is 0.0985 e. The van der Waals surface area contributed by atoms with Crippen molar-refractivity contribution in [2.75, 3.05) is 12.4 Å². The van der Waals surface area contributed by atoms with Crippen molar-refractivity contribution in [1.29, 1.82) is 0 Å². The van der Waals surface area contributed by atoms with Crippen molar-refractivity contribution in [2.45, 2.75) is 284 Å². The number of carbonyl (C=O) groups excluding carboxylic acids is 1. The van der Waals surface area contributed by atoms with Crippen LogP contribution in [0.25, 0.3) is 0 Å². The average molecular weight is 806 g/mol. The van der Waals surface area contributed by atoms with Gasteiger partial charge in [0, 0.05) is 24.4 Å². The van der Waals surface area contributed by atoms with Gasteiger partial charge in [-0.05, 0) is 49.0 Å². The second kappa shape index (κ2) is 31.4. The van der Waals surface area contributed by atoms with E-state index in [4.69, 9.17) is 4.74 Å². The Kier molecular flexibility index (Phi) is 30.0. The third-order valence-corrected chi connectivity index (χ3v) is 15.3. The Hall–Kier alpha value is -0.520. The van der Waals surface area contributed by atoms with E-state index in [-0.39, 0.29) is 11.8 Å². The summed E-state index contributed by atoms with van der Waals surface area (Å²) in [7, 11) is 0. The minimum atomic E-state index is -1.07. The Bertz CT molecular complexity index is 989. The van der Waals surface area contributed by atoms with Gasteiger partial charge in [-0.3, -0.25) is 0 Å². The number of thioether (sulfide) groups is 1. The molecule has 5 heteroatoms. The van der Waals surface area contributed by atoms with Gasteiger partial charge in [0.15, 0.2) is 0 Å². The van der Waals surface area contributed by atoms with Gasteiger partial charge >= 0.3 is 0 Å². The molecule has 1 rings (SSSR count). The predicted octanol–water partition coefficient (Wildman–Crippen LogP) is 15.3. The molecule has 0 spiro atoms. The highest BCUT2D eigenvalue weighted by Crippen LogP contribution is 2.62. The fourth-order valence-corrected chi connectivity index (χ4v) is 11.2. The molecule has 0 aromatic heterocycles. The minimum absolute atomic E-state index is 0.177. The fraction of sp³-hybridized carbons (Fsp3) is 0.941. The van der Waals surface area contributed by atoms with Crippen LogP contribution in [0.5, 0.6) is 0 Å². The molecule has 0 heterocycles. The standard InChI is InChI=1S/C51H98O4S/c1-9-12-14-16-18-20-22-24-26-27-28-30-32-34-36-38-41-55-51(44-46(52)53)43-45(48(4,5)6)47(54)50(8,49(51,7)40-11-3)56-42-39-37-35-33-31-29-25-23-21-19-17-15-13-10-2/h43,47,54H,9-42,44H2,1-8H3,(H,52,53)/p-1. The van der Waals surface area contributed by atoms with E-state index in [0.29, 0.717) is 6.61 Å². The summed E-state index contributed by atoms with van der Waals surface area (Å²) in [5.74, 6) is -0.109. The zero-order chi connectivity index (χ0) is 41.6. The van der Waals surface area contributed by atoms with E-state index in [1.807, 2.05) is 11.8 Å². The van der Waals surface area contributed by atoms with Gasteiger partial charge in [-0.25, -0.2) is 0 Å². The number of carbonyl (C=O) groups is 1. The lowest BCUT2D eigenvalue weighted by atomic mass is 9.53. The van der Waals surface area contributed by atoms with Crippen molar-refractivity contribution in [3.63, 3.8) is 0 Å². The predicted molar refractivity (Wildman–Crippen MR) is 246 cm³/mol. The van der Waals surface area contributed by atoms with Crippen LogP contribution in [0.2, 0.25) is 0 Å². The molecule has 0 aliphatic heterocycles. The summed E-state index contributed by atoms with van der Waals surface area (Å²) in [6.45, 7) is 18.1. The summed E-state index contributed by atoms with van der Waals surface area (Å²) in [4.78, 5) is 12.6. The second-order valence-corrected chi connectivity index (χ2v) is 21.0. The first-order valence-electron chi connectivity index (χ1n) is 24.7. The van der Waals surface area contributed by atoms with Crippen molar-refractivity contribution >= 4 is 17.7 Å². The molecule has 4 atom stereocenters. The minimum Gasteiger partial charge on any atom is -0.550 e. The number of unbranched alkanes of at least 4 members (excludes halogenated alkanes) is 28. The summed E-state index contributed by atoms with van der Waals surface area (Å²) in [5.41, 5.74) is -1.02. The first kappa shape index (κ1) is 53.5. The second-order valence-electron chi connectivity index (χ2n) is 19.5. The molecule has 332 valence electrons. The Morgan fingerprint density at radius 3 is 1.32 bits per heavy atom. The summed E-state index contributed by atoms with van der Waals surface area (Å²) in [6, 6.07) is 0. The van der Waals surface area contributed by atoms with Crippen LogP contribution in [0.4, 0.5) is 0 Å². The first-order valence-corrected chi connectivity index (χ1v) is 25.7. The van der Waals surface area contributed by atoms with Crippen LogP contribution in [0.3, 0.4) is 0 Å². The van der Waals surface area contributed by atoms with E-state index in [0.717, 1.165) is 43.4 Å². The maximum absolute atomic E-state index is 12.6.